The highest BCUT2D eigenvalue weighted by atomic mass is 32.1. The Morgan fingerprint density at radius 2 is 1.80 bits per heavy atom. The van der Waals surface area contributed by atoms with Crippen molar-refractivity contribution < 1.29 is 14.3 Å². The van der Waals surface area contributed by atoms with E-state index < -0.39 is 5.97 Å². The molecule has 152 valence electrons. The highest BCUT2D eigenvalue weighted by molar-refractivity contribution is 7.07. The van der Waals surface area contributed by atoms with Crippen molar-refractivity contribution in [2.24, 2.45) is 0 Å². The molecule has 2 aromatic carbocycles. The van der Waals surface area contributed by atoms with Gasteiger partial charge >= 0.3 is 5.97 Å². The third kappa shape index (κ3) is 4.50. The summed E-state index contributed by atoms with van der Waals surface area (Å²) in [4.78, 5) is 25.5. The van der Waals surface area contributed by atoms with Crippen LogP contribution in [0.3, 0.4) is 0 Å². The molecule has 1 heterocycles. The maximum Gasteiger partial charge on any atom is 0.351 e. The van der Waals surface area contributed by atoms with Gasteiger partial charge in [0, 0.05) is 0 Å². The smallest absolute Gasteiger partial charge is 0.351 e. The largest absolute Gasteiger partial charge is 0.494 e. The number of nitrogens with zero attached hydrogens (tertiary/aromatic N) is 2. The van der Waals surface area contributed by atoms with Crippen molar-refractivity contribution in [2.75, 3.05) is 13.2 Å². The van der Waals surface area contributed by atoms with E-state index in [0.717, 1.165) is 22.6 Å². The predicted octanol–water partition coefficient (Wildman–Crippen LogP) is 2.36. The van der Waals surface area contributed by atoms with Gasteiger partial charge in [0.15, 0.2) is 5.57 Å². The van der Waals surface area contributed by atoms with Gasteiger partial charge in [0.25, 0.3) is 5.56 Å². The summed E-state index contributed by atoms with van der Waals surface area (Å²) in [5.41, 5.74) is 0.858. The van der Waals surface area contributed by atoms with Gasteiger partial charge in [0.05, 0.1) is 23.4 Å². The van der Waals surface area contributed by atoms with Gasteiger partial charge in [0.1, 0.15) is 16.5 Å². The van der Waals surface area contributed by atoms with Crippen LogP contribution in [0, 0.1) is 11.3 Å². The zero-order valence-electron chi connectivity index (χ0n) is 16.6. The molecule has 7 heteroatoms. The number of aromatic nitrogens is 1. The summed E-state index contributed by atoms with van der Waals surface area (Å²) >= 11 is 1.08. The lowest BCUT2D eigenvalue weighted by Gasteiger charge is -2.03. The predicted molar refractivity (Wildman–Crippen MR) is 116 cm³/mol. The summed E-state index contributed by atoms with van der Waals surface area (Å²) in [6.45, 7) is 4.28. The van der Waals surface area contributed by atoms with E-state index in [1.807, 2.05) is 43.3 Å². The minimum Gasteiger partial charge on any atom is -0.494 e. The number of benzene rings is 2. The first-order valence-electron chi connectivity index (χ1n) is 9.42. The van der Waals surface area contributed by atoms with Crippen LogP contribution in [0.25, 0.3) is 17.3 Å². The summed E-state index contributed by atoms with van der Waals surface area (Å²) in [6, 6.07) is 18.1. The Balaban J connectivity index is 2.27. The van der Waals surface area contributed by atoms with Crippen molar-refractivity contribution in [3.05, 3.63) is 79.7 Å². The Kier molecular flexibility index (Phi) is 6.83. The van der Waals surface area contributed by atoms with Crippen molar-refractivity contribution in [3.8, 4) is 17.5 Å². The summed E-state index contributed by atoms with van der Waals surface area (Å²) in [6.07, 6.45) is 1.73. The summed E-state index contributed by atoms with van der Waals surface area (Å²) < 4.78 is 12.5. The highest BCUT2D eigenvalue weighted by Gasteiger charge is 2.17. The van der Waals surface area contributed by atoms with Crippen LogP contribution < -0.4 is 19.5 Å². The van der Waals surface area contributed by atoms with Crippen molar-refractivity contribution in [1.82, 2.24) is 4.57 Å². The molecular weight excluding hydrogens is 400 g/mol. The number of rotatable bonds is 6. The average molecular weight is 420 g/mol. The Labute approximate surface area is 177 Å². The number of para-hydroxylation sites is 1. The molecule has 0 bridgehead atoms. The second-order valence-corrected chi connectivity index (χ2v) is 7.13. The molecular formula is C23H20N2O4S. The molecule has 0 radical (unpaired) electrons. The van der Waals surface area contributed by atoms with E-state index in [0.29, 0.717) is 16.8 Å². The Morgan fingerprint density at radius 1 is 1.10 bits per heavy atom. The van der Waals surface area contributed by atoms with Gasteiger partial charge in [-0.1, -0.05) is 30.3 Å². The number of hydrogen-bond acceptors (Lipinski definition) is 6. The zero-order valence-corrected chi connectivity index (χ0v) is 17.4. The van der Waals surface area contributed by atoms with E-state index in [9.17, 15) is 14.9 Å². The standard InChI is InChI=1S/C23H20N2O4S/c1-3-28-18-12-10-16(11-13-18)14-20-21(26)25(17-8-6-5-7-9-17)22(30-20)19(15-24)23(27)29-4-2/h5-14H,3-4H2,1-2H3. The molecule has 0 saturated heterocycles. The second kappa shape index (κ2) is 9.72. The van der Waals surface area contributed by atoms with Crippen LogP contribution in [-0.2, 0) is 9.53 Å². The molecule has 30 heavy (non-hydrogen) atoms. The monoisotopic (exact) mass is 420 g/mol. The molecule has 1 aromatic heterocycles. The van der Waals surface area contributed by atoms with E-state index in [1.54, 1.807) is 37.3 Å². The maximum absolute atomic E-state index is 13.2. The van der Waals surface area contributed by atoms with Crippen LogP contribution in [0.1, 0.15) is 19.4 Å². The quantitative estimate of drug-likeness (QED) is 0.572. The van der Waals surface area contributed by atoms with E-state index >= 15 is 0 Å². The Hall–Kier alpha value is -3.63. The maximum atomic E-state index is 13.2. The molecule has 0 N–H and O–H groups in total. The lowest BCUT2D eigenvalue weighted by atomic mass is 10.2. The average Bonchev–Trinajstić information content (AvgIpc) is 3.07. The number of carbonyl (C=O) groups excluding carboxylic acids is 1. The van der Waals surface area contributed by atoms with Crippen molar-refractivity contribution in [3.63, 3.8) is 0 Å². The third-order valence-electron chi connectivity index (χ3n) is 4.13. The highest BCUT2D eigenvalue weighted by Crippen LogP contribution is 2.12. The number of carbonyl (C=O) groups is 1. The molecule has 0 saturated carbocycles. The molecule has 0 unspecified atom stereocenters. The minimum absolute atomic E-state index is 0.135. The summed E-state index contributed by atoms with van der Waals surface area (Å²) in [7, 11) is 0. The molecule has 0 atom stereocenters. The molecule has 0 aliphatic carbocycles. The molecule has 0 spiro atoms. The molecule has 0 aliphatic heterocycles. The van der Waals surface area contributed by atoms with Crippen molar-refractivity contribution in [2.45, 2.75) is 13.8 Å². The summed E-state index contributed by atoms with van der Waals surface area (Å²) in [5, 5.41) is 9.60. The van der Waals surface area contributed by atoms with Gasteiger partial charge in [-0.2, -0.15) is 5.26 Å². The first-order valence-corrected chi connectivity index (χ1v) is 10.2. The van der Waals surface area contributed by atoms with Gasteiger partial charge in [-0.25, -0.2) is 4.79 Å². The van der Waals surface area contributed by atoms with E-state index in [-0.39, 0.29) is 22.4 Å². The lowest BCUT2D eigenvalue weighted by Crippen LogP contribution is -2.31. The SMILES string of the molecule is CCOC(=O)C(C#N)=c1sc(=Cc2ccc(OCC)cc2)c(=O)n1-c1ccccc1. The minimum atomic E-state index is -0.751. The molecule has 0 aliphatic rings. The number of esters is 1. The Bertz CT molecular complexity index is 1250. The van der Waals surface area contributed by atoms with E-state index in [1.165, 1.54) is 4.57 Å². The van der Waals surface area contributed by atoms with Gasteiger partial charge in [-0.15, -0.1) is 11.3 Å². The second-order valence-electron chi connectivity index (χ2n) is 6.10. The normalized spacial score (nSPS) is 12.2. The van der Waals surface area contributed by atoms with Crippen molar-refractivity contribution in [1.29, 1.82) is 5.26 Å². The topological polar surface area (TPSA) is 81.3 Å². The summed E-state index contributed by atoms with van der Waals surface area (Å²) in [5.74, 6) is -0.0100. The molecule has 0 fully saturated rings. The fraction of sp³-hybridized carbons (Fsp3) is 0.174. The number of hydrogen-bond donors (Lipinski definition) is 0. The first kappa shape index (κ1) is 21.1. The molecule has 6 nitrogen and oxygen atoms in total. The molecule has 0 amide bonds. The number of thiazole rings is 1. The zero-order chi connectivity index (χ0) is 21.5. The number of ether oxygens (including phenoxy) is 2. The van der Waals surface area contributed by atoms with Crippen LogP contribution in [0.15, 0.2) is 59.4 Å². The van der Waals surface area contributed by atoms with Crippen LogP contribution in [0.5, 0.6) is 5.75 Å². The fourth-order valence-corrected chi connectivity index (χ4v) is 3.92. The lowest BCUT2D eigenvalue weighted by molar-refractivity contribution is -0.136. The van der Waals surface area contributed by atoms with Crippen LogP contribution in [0.4, 0.5) is 0 Å². The third-order valence-corrected chi connectivity index (χ3v) is 5.22. The van der Waals surface area contributed by atoms with E-state index in [4.69, 9.17) is 9.47 Å². The van der Waals surface area contributed by atoms with E-state index in [2.05, 4.69) is 0 Å². The van der Waals surface area contributed by atoms with Crippen LogP contribution in [0.2, 0.25) is 0 Å². The van der Waals surface area contributed by atoms with Gasteiger partial charge in [-0.3, -0.25) is 9.36 Å². The molecule has 3 rings (SSSR count). The molecule has 3 aromatic rings. The van der Waals surface area contributed by atoms with Crippen molar-refractivity contribution >= 4 is 29.0 Å². The van der Waals surface area contributed by atoms with Crippen LogP contribution in [-0.4, -0.2) is 23.8 Å². The van der Waals surface area contributed by atoms with Gasteiger partial charge in [-0.05, 0) is 49.8 Å². The van der Waals surface area contributed by atoms with Crippen LogP contribution >= 0.6 is 11.3 Å². The fourth-order valence-electron chi connectivity index (χ4n) is 2.82. The van der Waals surface area contributed by atoms with Gasteiger partial charge in [0.2, 0.25) is 0 Å². The number of nitriles is 1. The van der Waals surface area contributed by atoms with Gasteiger partial charge < -0.3 is 9.47 Å². The Morgan fingerprint density at radius 3 is 2.40 bits per heavy atom. The first-order chi connectivity index (χ1) is 14.6.